The zero-order valence-electron chi connectivity index (χ0n) is 11.3. The van der Waals surface area contributed by atoms with Crippen LogP contribution < -0.4 is 10.1 Å². The zero-order chi connectivity index (χ0) is 12.5. The largest absolute Gasteiger partial charge is 0.496 e. The van der Waals surface area contributed by atoms with Gasteiger partial charge in [-0.15, -0.1) is 0 Å². The standard InChI is InChI=1S/C15H25NO/c1-4-5-6-9-12-16-13(2)14-10-7-8-11-15(14)17-3/h7-8,10-11,13,16H,4-6,9,12H2,1-3H3/t13-/m1/s1. The molecule has 2 heteroatoms. The molecule has 0 unspecified atom stereocenters. The van der Waals surface area contributed by atoms with Crippen LogP contribution in [0.2, 0.25) is 0 Å². The Bertz CT molecular complexity index is 312. The number of methoxy groups -OCH3 is 1. The molecule has 0 bridgehead atoms. The van der Waals surface area contributed by atoms with Crippen LogP contribution in [0.3, 0.4) is 0 Å². The molecular weight excluding hydrogens is 210 g/mol. The molecule has 0 aromatic heterocycles. The Morgan fingerprint density at radius 3 is 2.65 bits per heavy atom. The Morgan fingerprint density at radius 2 is 1.94 bits per heavy atom. The minimum absolute atomic E-state index is 0.354. The molecule has 0 aliphatic heterocycles. The van der Waals surface area contributed by atoms with Crippen molar-refractivity contribution < 1.29 is 4.74 Å². The fraction of sp³-hybridized carbons (Fsp3) is 0.600. The van der Waals surface area contributed by atoms with Crippen LogP contribution in [0.5, 0.6) is 5.75 Å². The molecule has 1 aromatic carbocycles. The van der Waals surface area contributed by atoms with E-state index >= 15 is 0 Å². The van der Waals surface area contributed by atoms with Gasteiger partial charge in [-0.05, 0) is 26.0 Å². The van der Waals surface area contributed by atoms with Gasteiger partial charge in [0, 0.05) is 11.6 Å². The molecule has 0 aliphatic carbocycles. The maximum Gasteiger partial charge on any atom is 0.123 e. The molecule has 1 aromatic rings. The van der Waals surface area contributed by atoms with Gasteiger partial charge in [0.2, 0.25) is 0 Å². The van der Waals surface area contributed by atoms with Crippen molar-refractivity contribution in [2.45, 2.75) is 45.6 Å². The number of unbranched alkanes of at least 4 members (excludes halogenated alkanes) is 3. The third-order valence-corrected chi connectivity index (χ3v) is 3.09. The summed E-state index contributed by atoms with van der Waals surface area (Å²) < 4.78 is 5.37. The lowest BCUT2D eigenvalue weighted by atomic mass is 10.1. The Balaban J connectivity index is 2.38. The Hall–Kier alpha value is -1.02. The van der Waals surface area contributed by atoms with Crippen LogP contribution >= 0.6 is 0 Å². The zero-order valence-corrected chi connectivity index (χ0v) is 11.3. The summed E-state index contributed by atoms with van der Waals surface area (Å²) >= 11 is 0. The molecule has 0 radical (unpaired) electrons. The van der Waals surface area contributed by atoms with E-state index in [2.05, 4.69) is 31.3 Å². The van der Waals surface area contributed by atoms with Crippen molar-refractivity contribution in [3.63, 3.8) is 0 Å². The molecule has 17 heavy (non-hydrogen) atoms. The average molecular weight is 235 g/mol. The van der Waals surface area contributed by atoms with Crippen molar-refractivity contribution in [2.24, 2.45) is 0 Å². The smallest absolute Gasteiger partial charge is 0.123 e. The van der Waals surface area contributed by atoms with Gasteiger partial charge in [-0.1, -0.05) is 44.4 Å². The molecule has 0 fully saturated rings. The summed E-state index contributed by atoms with van der Waals surface area (Å²) in [4.78, 5) is 0. The highest BCUT2D eigenvalue weighted by Gasteiger charge is 2.09. The summed E-state index contributed by atoms with van der Waals surface area (Å²) in [5.74, 6) is 0.973. The lowest BCUT2D eigenvalue weighted by Gasteiger charge is -2.17. The molecule has 0 amide bonds. The number of hydrogen-bond acceptors (Lipinski definition) is 2. The molecule has 1 atom stereocenters. The first-order valence-corrected chi connectivity index (χ1v) is 6.66. The number of hydrogen-bond donors (Lipinski definition) is 1. The summed E-state index contributed by atoms with van der Waals surface area (Å²) in [7, 11) is 1.73. The summed E-state index contributed by atoms with van der Waals surface area (Å²) in [6, 6.07) is 8.57. The topological polar surface area (TPSA) is 21.3 Å². The number of nitrogens with one attached hydrogen (secondary N) is 1. The number of ether oxygens (including phenoxy) is 1. The van der Waals surface area contributed by atoms with Crippen molar-refractivity contribution >= 4 is 0 Å². The number of rotatable bonds is 8. The van der Waals surface area contributed by atoms with Crippen molar-refractivity contribution in [3.8, 4) is 5.75 Å². The van der Waals surface area contributed by atoms with E-state index in [1.165, 1.54) is 31.2 Å². The van der Waals surface area contributed by atoms with E-state index in [4.69, 9.17) is 4.74 Å². The van der Waals surface area contributed by atoms with E-state index in [0.29, 0.717) is 6.04 Å². The molecule has 96 valence electrons. The summed E-state index contributed by atoms with van der Waals surface area (Å²) in [6.45, 7) is 5.52. The van der Waals surface area contributed by atoms with Gasteiger partial charge in [0.05, 0.1) is 7.11 Å². The van der Waals surface area contributed by atoms with E-state index in [0.717, 1.165) is 12.3 Å². The average Bonchev–Trinajstić information content (AvgIpc) is 2.38. The maximum absolute atomic E-state index is 5.37. The highest BCUT2D eigenvalue weighted by atomic mass is 16.5. The van der Waals surface area contributed by atoms with Gasteiger partial charge in [-0.3, -0.25) is 0 Å². The van der Waals surface area contributed by atoms with Crippen LogP contribution in [0.15, 0.2) is 24.3 Å². The predicted molar refractivity (Wildman–Crippen MR) is 73.6 cm³/mol. The minimum atomic E-state index is 0.354. The second-order valence-electron chi connectivity index (χ2n) is 4.48. The number of benzene rings is 1. The van der Waals surface area contributed by atoms with Crippen LogP contribution in [0, 0.1) is 0 Å². The third kappa shape index (κ3) is 4.78. The van der Waals surface area contributed by atoms with E-state index in [-0.39, 0.29) is 0 Å². The van der Waals surface area contributed by atoms with Gasteiger partial charge in [0.15, 0.2) is 0 Å². The minimum Gasteiger partial charge on any atom is -0.496 e. The normalized spacial score (nSPS) is 12.4. The summed E-state index contributed by atoms with van der Waals surface area (Å²) in [5, 5.41) is 3.55. The highest BCUT2D eigenvalue weighted by Crippen LogP contribution is 2.24. The molecule has 0 saturated heterocycles. The van der Waals surface area contributed by atoms with Gasteiger partial charge in [-0.2, -0.15) is 0 Å². The first kappa shape index (κ1) is 14.0. The molecule has 2 nitrogen and oxygen atoms in total. The van der Waals surface area contributed by atoms with Crippen LogP contribution in [0.25, 0.3) is 0 Å². The summed E-state index contributed by atoms with van der Waals surface area (Å²) in [6.07, 6.45) is 5.21. The molecule has 0 saturated carbocycles. The van der Waals surface area contributed by atoms with Crippen LogP contribution in [-0.2, 0) is 0 Å². The predicted octanol–water partition coefficient (Wildman–Crippen LogP) is 3.93. The molecule has 0 aliphatic rings. The molecular formula is C15H25NO. The van der Waals surface area contributed by atoms with E-state index < -0.39 is 0 Å². The Morgan fingerprint density at radius 1 is 1.18 bits per heavy atom. The molecule has 0 heterocycles. The fourth-order valence-electron chi connectivity index (χ4n) is 2.00. The van der Waals surface area contributed by atoms with Crippen molar-refractivity contribution in [3.05, 3.63) is 29.8 Å². The van der Waals surface area contributed by atoms with E-state index in [1.54, 1.807) is 7.11 Å². The second kappa shape index (κ2) is 8.13. The summed E-state index contributed by atoms with van der Waals surface area (Å²) in [5.41, 5.74) is 1.24. The Kier molecular flexibility index (Phi) is 6.71. The molecule has 1 rings (SSSR count). The van der Waals surface area contributed by atoms with Crippen LogP contribution in [0.1, 0.15) is 51.1 Å². The van der Waals surface area contributed by atoms with Crippen LogP contribution in [-0.4, -0.2) is 13.7 Å². The van der Waals surface area contributed by atoms with E-state index in [9.17, 15) is 0 Å². The maximum atomic E-state index is 5.37. The highest BCUT2D eigenvalue weighted by molar-refractivity contribution is 5.35. The quantitative estimate of drug-likeness (QED) is 0.689. The van der Waals surface area contributed by atoms with E-state index in [1.807, 2.05) is 12.1 Å². The van der Waals surface area contributed by atoms with Crippen molar-refractivity contribution in [1.82, 2.24) is 5.32 Å². The molecule has 1 N–H and O–H groups in total. The van der Waals surface area contributed by atoms with Gasteiger partial charge in [-0.25, -0.2) is 0 Å². The first-order chi connectivity index (χ1) is 8.29. The van der Waals surface area contributed by atoms with Crippen molar-refractivity contribution in [2.75, 3.05) is 13.7 Å². The van der Waals surface area contributed by atoms with Gasteiger partial charge >= 0.3 is 0 Å². The second-order valence-corrected chi connectivity index (χ2v) is 4.48. The first-order valence-electron chi connectivity index (χ1n) is 6.66. The van der Waals surface area contributed by atoms with Crippen molar-refractivity contribution in [1.29, 1.82) is 0 Å². The third-order valence-electron chi connectivity index (χ3n) is 3.09. The monoisotopic (exact) mass is 235 g/mol. The molecule has 0 spiro atoms. The Labute approximate surface area is 105 Å². The van der Waals surface area contributed by atoms with Gasteiger partial charge < -0.3 is 10.1 Å². The number of para-hydroxylation sites is 1. The lowest BCUT2D eigenvalue weighted by molar-refractivity contribution is 0.401. The van der Waals surface area contributed by atoms with Gasteiger partial charge in [0.1, 0.15) is 5.75 Å². The lowest BCUT2D eigenvalue weighted by Crippen LogP contribution is -2.20. The van der Waals surface area contributed by atoms with Gasteiger partial charge in [0.25, 0.3) is 0 Å². The van der Waals surface area contributed by atoms with Crippen LogP contribution in [0.4, 0.5) is 0 Å². The SMILES string of the molecule is CCCCCCN[C@H](C)c1ccccc1OC. The fourth-order valence-corrected chi connectivity index (χ4v) is 2.00.